The quantitative estimate of drug-likeness (QED) is 0.798. The van der Waals surface area contributed by atoms with Crippen molar-refractivity contribution in [3.63, 3.8) is 0 Å². The molecule has 2 nitrogen and oxygen atoms in total. The van der Waals surface area contributed by atoms with Gasteiger partial charge in [-0.25, -0.2) is 0 Å². The van der Waals surface area contributed by atoms with Crippen LogP contribution in [-0.4, -0.2) is 19.3 Å². The highest BCUT2D eigenvalue weighted by Gasteiger charge is 2.57. The number of hydrogen-bond donors (Lipinski definition) is 1. The van der Waals surface area contributed by atoms with Gasteiger partial charge in [0.1, 0.15) is 0 Å². The third-order valence-corrected chi connectivity index (χ3v) is 5.69. The van der Waals surface area contributed by atoms with Crippen molar-refractivity contribution in [2.75, 3.05) is 13.7 Å². The van der Waals surface area contributed by atoms with E-state index < -0.39 is 0 Å². The molecule has 92 valence electrons. The SMILES string of the molecule is COCC(C)(N)C12CC3CC(CC(C3)C1)C2. The maximum Gasteiger partial charge on any atom is 0.0645 e. The Morgan fingerprint density at radius 2 is 1.56 bits per heavy atom. The molecule has 1 unspecified atom stereocenters. The third-order valence-electron chi connectivity index (χ3n) is 5.69. The molecule has 4 rings (SSSR count). The molecule has 4 fully saturated rings. The van der Waals surface area contributed by atoms with Gasteiger partial charge in [0.15, 0.2) is 0 Å². The second-order valence-corrected chi connectivity index (χ2v) is 7.05. The molecule has 2 N–H and O–H groups in total. The summed E-state index contributed by atoms with van der Waals surface area (Å²) in [7, 11) is 1.78. The van der Waals surface area contributed by atoms with Crippen LogP contribution in [0.5, 0.6) is 0 Å². The number of ether oxygens (including phenoxy) is 1. The van der Waals surface area contributed by atoms with E-state index in [0.29, 0.717) is 5.41 Å². The van der Waals surface area contributed by atoms with E-state index in [4.69, 9.17) is 10.5 Å². The lowest BCUT2D eigenvalue weighted by Crippen LogP contribution is -2.63. The van der Waals surface area contributed by atoms with E-state index in [9.17, 15) is 0 Å². The average Bonchev–Trinajstić information content (AvgIpc) is 2.14. The molecule has 0 aliphatic heterocycles. The normalized spacial score (nSPS) is 49.3. The summed E-state index contributed by atoms with van der Waals surface area (Å²) in [4.78, 5) is 0. The minimum Gasteiger partial charge on any atom is -0.383 e. The summed E-state index contributed by atoms with van der Waals surface area (Å²) in [5, 5.41) is 0. The molecular weight excluding hydrogens is 198 g/mol. The molecule has 0 radical (unpaired) electrons. The third kappa shape index (κ3) is 1.46. The predicted molar refractivity (Wildman–Crippen MR) is 65.1 cm³/mol. The molecule has 4 aliphatic rings. The van der Waals surface area contributed by atoms with Gasteiger partial charge in [0.2, 0.25) is 0 Å². The first-order valence-corrected chi connectivity index (χ1v) is 6.82. The Kier molecular flexibility index (Phi) is 2.38. The van der Waals surface area contributed by atoms with Crippen molar-refractivity contribution in [2.45, 2.75) is 51.0 Å². The van der Waals surface area contributed by atoms with Crippen molar-refractivity contribution in [1.29, 1.82) is 0 Å². The zero-order chi connectivity index (χ0) is 11.4. The minimum absolute atomic E-state index is 0.113. The van der Waals surface area contributed by atoms with Gasteiger partial charge in [-0.2, -0.15) is 0 Å². The molecule has 0 heterocycles. The molecule has 0 spiro atoms. The lowest BCUT2D eigenvalue weighted by atomic mass is 9.45. The highest BCUT2D eigenvalue weighted by molar-refractivity contribution is 5.10. The van der Waals surface area contributed by atoms with Crippen molar-refractivity contribution >= 4 is 0 Å². The summed E-state index contributed by atoms with van der Waals surface area (Å²) >= 11 is 0. The summed E-state index contributed by atoms with van der Waals surface area (Å²) in [5.74, 6) is 2.93. The van der Waals surface area contributed by atoms with Crippen LogP contribution in [-0.2, 0) is 4.74 Å². The molecule has 16 heavy (non-hydrogen) atoms. The summed E-state index contributed by atoms with van der Waals surface area (Å²) in [6, 6.07) is 0. The van der Waals surface area contributed by atoms with Gasteiger partial charge < -0.3 is 10.5 Å². The first-order chi connectivity index (χ1) is 7.55. The van der Waals surface area contributed by atoms with Crippen LogP contribution in [0.15, 0.2) is 0 Å². The second kappa shape index (κ2) is 3.46. The predicted octanol–water partition coefficient (Wildman–Crippen LogP) is 2.57. The summed E-state index contributed by atoms with van der Waals surface area (Å²) < 4.78 is 5.37. The van der Waals surface area contributed by atoms with E-state index in [1.165, 1.54) is 38.5 Å². The Morgan fingerprint density at radius 3 is 1.94 bits per heavy atom. The largest absolute Gasteiger partial charge is 0.383 e. The Morgan fingerprint density at radius 1 is 1.12 bits per heavy atom. The Labute approximate surface area is 98.9 Å². The van der Waals surface area contributed by atoms with Gasteiger partial charge in [-0.15, -0.1) is 0 Å². The van der Waals surface area contributed by atoms with E-state index in [0.717, 1.165) is 24.4 Å². The first-order valence-electron chi connectivity index (χ1n) is 6.82. The summed E-state index contributed by atoms with van der Waals surface area (Å²) in [6.45, 7) is 2.95. The fraction of sp³-hybridized carbons (Fsp3) is 1.00. The van der Waals surface area contributed by atoms with Crippen LogP contribution in [0.3, 0.4) is 0 Å². The van der Waals surface area contributed by atoms with Crippen LogP contribution in [0.1, 0.15) is 45.4 Å². The van der Waals surface area contributed by atoms with Crippen LogP contribution in [0, 0.1) is 23.2 Å². The number of rotatable bonds is 3. The topological polar surface area (TPSA) is 35.2 Å². The van der Waals surface area contributed by atoms with Gasteiger partial charge in [0.05, 0.1) is 6.61 Å². The van der Waals surface area contributed by atoms with Gasteiger partial charge in [-0.3, -0.25) is 0 Å². The Balaban J connectivity index is 1.88. The fourth-order valence-electron chi connectivity index (χ4n) is 5.26. The van der Waals surface area contributed by atoms with Gasteiger partial charge in [0, 0.05) is 12.6 Å². The maximum atomic E-state index is 6.60. The fourth-order valence-corrected chi connectivity index (χ4v) is 5.26. The van der Waals surface area contributed by atoms with Crippen LogP contribution < -0.4 is 5.73 Å². The molecular formula is C14H25NO. The van der Waals surface area contributed by atoms with E-state index in [-0.39, 0.29) is 5.54 Å². The first kappa shape index (κ1) is 11.0. The molecule has 0 amide bonds. The van der Waals surface area contributed by atoms with Crippen LogP contribution >= 0.6 is 0 Å². The van der Waals surface area contributed by atoms with Crippen LogP contribution in [0.25, 0.3) is 0 Å². The second-order valence-electron chi connectivity index (χ2n) is 7.05. The molecule has 4 bridgehead atoms. The zero-order valence-electron chi connectivity index (χ0n) is 10.7. The highest BCUT2D eigenvalue weighted by Crippen LogP contribution is 2.63. The number of hydrogen-bond acceptors (Lipinski definition) is 2. The molecule has 0 aromatic rings. The van der Waals surface area contributed by atoms with Crippen molar-refractivity contribution in [2.24, 2.45) is 28.9 Å². The standard InChI is InChI=1S/C14H25NO/c1-13(15,9-16-2)14-6-10-3-11(7-14)5-12(4-10)8-14/h10-12H,3-9,15H2,1-2H3. The smallest absolute Gasteiger partial charge is 0.0645 e. The van der Waals surface area contributed by atoms with Crippen molar-refractivity contribution < 1.29 is 4.74 Å². The molecule has 0 aromatic carbocycles. The molecule has 1 atom stereocenters. The average molecular weight is 223 g/mol. The van der Waals surface area contributed by atoms with E-state index >= 15 is 0 Å². The lowest BCUT2D eigenvalue weighted by molar-refractivity contribution is -0.108. The van der Waals surface area contributed by atoms with Gasteiger partial charge in [-0.1, -0.05) is 0 Å². The molecule has 2 heteroatoms. The molecule has 0 saturated heterocycles. The number of methoxy groups -OCH3 is 1. The Bertz CT molecular complexity index is 249. The van der Waals surface area contributed by atoms with Crippen molar-refractivity contribution in [3.05, 3.63) is 0 Å². The summed E-state index contributed by atoms with van der Waals surface area (Å²) in [5.41, 5.74) is 6.89. The Hall–Kier alpha value is -0.0800. The maximum absolute atomic E-state index is 6.60. The van der Waals surface area contributed by atoms with Crippen molar-refractivity contribution in [1.82, 2.24) is 0 Å². The minimum atomic E-state index is -0.113. The van der Waals surface area contributed by atoms with Crippen LogP contribution in [0.2, 0.25) is 0 Å². The number of nitrogens with two attached hydrogens (primary N) is 1. The summed E-state index contributed by atoms with van der Waals surface area (Å²) in [6.07, 6.45) is 8.58. The lowest BCUT2D eigenvalue weighted by Gasteiger charge is -2.62. The zero-order valence-corrected chi connectivity index (χ0v) is 10.7. The molecule has 4 aliphatic carbocycles. The van der Waals surface area contributed by atoms with E-state index in [1.807, 2.05) is 0 Å². The van der Waals surface area contributed by atoms with Gasteiger partial charge in [-0.05, 0) is 68.6 Å². The van der Waals surface area contributed by atoms with Gasteiger partial charge in [0.25, 0.3) is 0 Å². The van der Waals surface area contributed by atoms with E-state index in [1.54, 1.807) is 7.11 Å². The molecule has 0 aromatic heterocycles. The van der Waals surface area contributed by atoms with Crippen molar-refractivity contribution in [3.8, 4) is 0 Å². The van der Waals surface area contributed by atoms with E-state index in [2.05, 4.69) is 6.92 Å². The monoisotopic (exact) mass is 223 g/mol. The van der Waals surface area contributed by atoms with Gasteiger partial charge >= 0.3 is 0 Å². The van der Waals surface area contributed by atoms with Crippen LogP contribution in [0.4, 0.5) is 0 Å². The molecule has 4 saturated carbocycles. The highest BCUT2D eigenvalue weighted by atomic mass is 16.5.